The summed E-state index contributed by atoms with van der Waals surface area (Å²) in [6, 6.07) is 4.34. The van der Waals surface area contributed by atoms with E-state index in [1.165, 1.54) is 12.0 Å². The van der Waals surface area contributed by atoms with Gasteiger partial charge in [-0.1, -0.05) is 0 Å². The van der Waals surface area contributed by atoms with Crippen LogP contribution in [0.2, 0.25) is 0 Å². The van der Waals surface area contributed by atoms with E-state index in [1.54, 1.807) is 17.5 Å². The van der Waals surface area contributed by atoms with Crippen LogP contribution < -0.4 is 0 Å². The number of carbonyl (C=O) groups is 1. The highest BCUT2D eigenvalue weighted by Gasteiger charge is 2.26. The third kappa shape index (κ3) is 3.73. The minimum atomic E-state index is 0.290. The number of nitrogens with zero attached hydrogens (tertiary/aromatic N) is 3. The van der Waals surface area contributed by atoms with Gasteiger partial charge in [0.15, 0.2) is 0 Å². The summed E-state index contributed by atoms with van der Waals surface area (Å²) < 4.78 is 1.94. The summed E-state index contributed by atoms with van der Waals surface area (Å²) in [4.78, 5) is 14.6. The van der Waals surface area contributed by atoms with E-state index in [1.807, 2.05) is 16.9 Å². The van der Waals surface area contributed by atoms with Crippen molar-refractivity contribution in [3.05, 3.63) is 40.8 Å². The van der Waals surface area contributed by atoms with Crippen molar-refractivity contribution in [1.29, 1.82) is 0 Å². The molecule has 3 heterocycles. The summed E-state index contributed by atoms with van der Waals surface area (Å²) in [5.41, 5.74) is 1.27. The van der Waals surface area contributed by atoms with Crippen LogP contribution in [-0.2, 0) is 17.8 Å². The highest BCUT2D eigenvalue weighted by molar-refractivity contribution is 7.07. The Balaban J connectivity index is 1.58. The topological polar surface area (TPSA) is 38.1 Å². The van der Waals surface area contributed by atoms with Crippen LogP contribution in [0.3, 0.4) is 0 Å². The van der Waals surface area contributed by atoms with Gasteiger partial charge in [-0.15, -0.1) is 0 Å². The van der Waals surface area contributed by atoms with E-state index in [4.69, 9.17) is 0 Å². The quantitative estimate of drug-likeness (QED) is 0.851. The maximum absolute atomic E-state index is 12.5. The minimum Gasteiger partial charge on any atom is -0.338 e. The molecule has 1 saturated heterocycles. The van der Waals surface area contributed by atoms with Crippen molar-refractivity contribution in [2.75, 3.05) is 6.54 Å². The summed E-state index contributed by atoms with van der Waals surface area (Å²) in [5, 5.41) is 8.47. The van der Waals surface area contributed by atoms with Crippen LogP contribution in [0.5, 0.6) is 0 Å². The molecular weight excluding hydrogens is 282 g/mol. The van der Waals surface area contributed by atoms with E-state index < -0.39 is 0 Å². The number of piperidine rings is 1. The summed E-state index contributed by atoms with van der Waals surface area (Å²) in [5.74, 6) is 0.290. The van der Waals surface area contributed by atoms with Crippen molar-refractivity contribution in [3.8, 4) is 0 Å². The molecule has 0 N–H and O–H groups in total. The zero-order valence-electron chi connectivity index (χ0n) is 12.1. The molecule has 0 aromatic carbocycles. The number of rotatable bonds is 5. The van der Waals surface area contributed by atoms with Gasteiger partial charge in [0.25, 0.3) is 0 Å². The molecule has 2 aromatic rings. The zero-order chi connectivity index (χ0) is 14.5. The number of amides is 1. The van der Waals surface area contributed by atoms with Gasteiger partial charge in [-0.25, -0.2) is 0 Å². The number of carbonyl (C=O) groups excluding carboxylic acids is 1. The SMILES string of the molecule is O=C(CCc1ccsc1)N1CCCC[C@H]1Cn1cccn1. The molecule has 1 fully saturated rings. The van der Waals surface area contributed by atoms with Crippen molar-refractivity contribution in [3.63, 3.8) is 0 Å². The molecule has 3 rings (SSSR count). The van der Waals surface area contributed by atoms with Crippen LogP contribution in [0, 0.1) is 0 Å². The zero-order valence-corrected chi connectivity index (χ0v) is 13.0. The molecular formula is C16H21N3OS. The van der Waals surface area contributed by atoms with Gasteiger partial charge in [-0.05, 0) is 54.1 Å². The fourth-order valence-electron chi connectivity index (χ4n) is 2.97. The Morgan fingerprint density at radius 1 is 1.43 bits per heavy atom. The summed E-state index contributed by atoms with van der Waals surface area (Å²) in [6.07, 6.45) is 8.66. The molecule has 112 valence electrons. The van der Waals surface area contributed by atoms with E-state index in [0.29, 0.717) is 12.5 Å². The largest absolute Gasteiger partial charge is 0.338 e. The number of hydrogen-bond donors (Lipinski definition) is 0. The highest BCUT2D eigenvalue weighted by Crippen LogP contribution is 2.20. The Hall–Kier alpha value is -1.62. The van der Waals surface area contributed by atoms with Gasteiger partial charge in [0.2, 0.25) is 5.91 Å². The molecule has 1 aliphatic rings. The van der Waals surface area contributed by atoms with Gasteiger partial charge in [0, 0.05) is 25.4 Å². The Labute approximate surface area is 129 Å². The van der Waals surface area contributed by atoms with Gasteiger partial charge in [0.1, 0.15) is 0 Å². The Bertz CT molecular complexity index is 550. The molecule has 4 nitrogen and oxygen atoms in total. The molecule has 1 aliphatic heterocycles. The van der Waals surface area contributed by atoms with Gasteiger partial charge in [-0.3, -0.25) is 9.48 Å². The smallest absolute Gasteiger partial charge is 0.223 e. The van der Waals surface area contributed by atoms with Crippen molar-refractivity contribution >= 4 is 17.2 Å². The molecule has 0 radical (unpaired) electrons. The van der Waals surface area contributed by atoms with Crippen LogP contribution in [0.1, 0.15) is 31.2 Å². The first kappa shape index (κ1) is 14.3. The third-order valence-electron chi connectivity index (χ3n) is 4.11. The van der Waals surface area contributed by atoms with Gasteiger partial charge in [0.05, 0.1) is 12.6 Å². The lowest BCUT2D eigenvalue weighted by Gasteiger charge is -2.36. The fraction of sp³-hybridized carbons (Fsp3) is 0.500. The Morgan fingerprint density at radius 2 is 2.38 bits per heavy atom. The van der Waals surface area contributed by atoms with E-state index in [2.05, 4.69) is 26.8 Å². The van der Waals surface area contributed by atoms with Crippen LogP contribution in [0.25, 0.3) is 0 Å². The highest BCUT2D eigenvalue weighted by atomic mass is 32.1. The van der Waals surface area contributed by atoms with Crippen molar-refractivity contribution in [2.45, 2.75) is 44.7 Å². The average molecular weight is 303 g/mol. The second-order valence-corrected chi connectivity index (χ2v) is 6.38. The Kier molecular flexibility index (Phi) is 4.70. The molecule has 0 unspecified atom stereocenters. The predicted molar refractivity (Wildman–Crippen MR) is 84.2 cm³/mol. The summed E-state index contributed by atoms with van der Waals surface area (Å²) in [6.45, 7) is 1.71. The van der Waals surface area contributed by atoms with Crippen LogP contribution in [0.15, 0.2) is 35.3 Å². The van der Waals surface area contributed by atoms with E-state index in [-0.39, 0.29) is 5.91 Å². The van der Waals surface area contributed by atoms with Crippen molar-refractivity contribution in [1.82, 2.24) is 14.7 Å². The average Bonchev–Trinajstić information content (AvgIpc) is 3.18. The lowest BCUT2D eigenvalue weighted by atomic mass is 10.0. The maximum atomic E-state index is 12.5. The molecule has 2 aromatic heterocycles. The molecule has 1 atom stereocenters. The number of aryl methyl sites for hydroxylation is 1. The first-order valence-corrected chi connectivity index (χ1v) is 8.55. The van der Waals surface area contributed by atoms with Gasteiger partial charge in [-0.2, -0.15) is 16.4 Å². The second-order valence-electron chi connectivity index (χ2n) is 5.60. The first-order chi connectivity index (χ1) is 10.3. The minimum absolute atomic E-state index is 0.290. The van der Waals surface area contributed by atoms with Crippen molar-refractivity contribution in [2.24, 2.45) is 0 Å². The molecule has 5 heteroatoms. The normalized spacial score (nSPS) is 18.9. The summed E-state index contributed by atoms with van der Waals surface area (Å²) in [7, 11) is 0. The van der Waals surface area contributed by atoms with Gasteiger partial charge < -0.3 is 4.90 Å². The molecule has 0 saturated carbocycles. The standard InChI is InChI=1S/C16H21N3OS/c20-16(6-5-14-7-11-21-13-14)19-10-2-1-4-15(19)12-18-9-3-8-17-18/h3,7-9,11,13,15H,1-2,4-6,10,12H2/t15-/m0/s1. The molecule has 0 spiro atoms. The van der Waals surface area contributed by atoms with E-state index in [9.17, 15) is 4.79 Å². The number of hydrogen-bond acceptors (Lipinski definition) is 3. The predicted octanol–water partition coefficient (Wildman–Crippen LogP) is 2.96. The monoisotopic (exact) mass is 303 g/mol. The number of thiophene rings is 1. The van der Waals surface area contributed by atoms with E-state index in [0.717, 1.165) is 32.4 Å². The maximum Gasteiger partial charge on any atom is 0.223 e. The first-order valence-electron chi connectivity index (χ1n) is 7.61. The third-order valence-corrected chi connectivity index (χ3v) is 4.84. The summed E-state index contributed by atoms with van der Waals surface area (Å²) >= 11 is 1.69. The number of aromatic nitrogens is 2. The molecule has 0 aliphatic carbocycles. The number of likely N-dealkylation sites (tertiary alicyclic amines) is 1. The molecule has 0 bridgehead atoms. The van der Waals surface area contributed by atoms with Crippen LogP contribution in [0.4, 0.5) is 0 Å². The Morgan fingerprint density at radius 3 is 3.14 bits per heavy atom. The van der Waals surface area contributed by atoms with Crippen LogP contribution in [-0.4, -0.2) is 33.2 Å². The second kappa shape index (κ2) is 6.89. The van der Waals surface area contributed by atoms with Crippen molar-refractivity contribution < 1.29 is 4.79 Å². The van der Waals surface area contributed by atoms with Gasteiger partial charge >= 0.3 is 0 Å². The molecule has 1 amide bonds. The molecule has 21 heavy (non-hydrogen) atoms. The lowest BCUT2D eigenvalue weighted by molar-refractivity contribution is -0.135. The lowest BCUT2D eigenvalue weighted by Crippen LogP contribution is -2.46. The van der Waals surface area contributed by atoms with E-state index >= 15 is 0 Å². The van der Waals surface area contributed by atoms with Crippen LogP contribution >= 0.6 is 11.3 Å². The fourth-order valence-corrected chi connectivity index (χ4v) is 3.68.